The Hall–Kier alpha value is -2.82. The summed E-state index contributed by atoms with van der Waals surface area (Å²) in [4.78, 5) is 0. The first kappa shape index (κ1) is 15.1. The number of rotatable bonds is 4. The van der Waals surface area contributed by atoms with Gasteiger partial charge in [-0.3, -0.25) is 0 Å². The molecule has 0 saturated heterocycles. The van der Waals surface area contributed by atoms with Gasteiger partial charge in [-0.2, -0.15) is 0 Å². The minimum absolute atomic E-state index is 0.125. The van der Waals surface area contributed by atoms with Crippen molar-refractivity contribution in [1.82, 2.24) is 0 Å². The predicted molar refractivity (Wildman–Crippen MR) is 86.8 cm³/mol. The SMILES string of the molecule is CC(OC1=COC=C(C2=CC=CCC2)O1)c1cc(N)ccc1O. The van der Waals surface area contributed by atoms with E-state index < -0.39 is 6.10 Å². The maximum atomic E-state index is 9.94. The molecule has 0 saturated carbocycles. The molecule has 5 heteroatoms. The summed E-state index contributed by atoms with van der Waals surface area (Å²) in [5.41, 5.74) is 7.96. The Balaban J connectivity index is 1.68. The number of phenolic OH excluding ortho intramolecular Hbond substituents is 1. The number of hydrogen-bond donors (Lipinski definition) is 2. The minimum Gasteiger partial charge on any atom is -0.508 e. The largest absolute Gasteiger partial charge is 0.508 e. The Morgan fingerprint density at radius 3 is 2.96 bits per heavy atom. The summed E-state index contributed by atoms with van der Waals surface area (Å²) in [7, 11) is 0. The highest BCUT2D eigenvalue weighted by molar-refractivity contribution is 5.48. The number of hydrogen-bond acceptors (Lipinski definition) is 5. The van der Waals surface area contributed by atoms with E-state index in [4.69, 9.17) is 19.9 Å². The van der Waals surface area contributed by atoms with Gasteiger partial charge in [-0.1, -0.05) is 18.2 Å². The molecule has 1 unspecified atom stereocenters. The monoisotopic (exact) mass is 313 g/mol. The predicted octanol–water partition coefficient (Wildman–Crippen LogP) is 4.02. The number of nitrogens with two attached hydrogens (primary N) is 1. The van der Waals surface area contributed by atoms with Gasteiger partial charge in [-0.25, -0.2) is 0 Å². The molecule has 1 atom stereocenters. The van der Waals surface area contributed by atoms with Crippen LogP contribution < -0.4 is 5.73 Å². The van der Waals surface area contributed by atoms with Crippen molar-refractivity contribution in [2.75, 3.05) is 5.73 Å². The average Bonchev–Trinajstić information content (AvgIpc) is 2.58. The van der Waals surface area contributed by atoms with E-state index in [1.54, 1.807) is 31.4 Å². The quantitative estimate of drug-likeness (QED) is 0.649. The average molecular weight is 313 g/mol. The van der Waals surface area contributed by atoms with Crippen LogP contribution in [0.25, 0.3) is 0 Å². The molecule has 1 heterocycles. The van der Waals surface area contributed by atoms with E-state index in [-0.39, 0.29) is 11.7 Å². The summed E-state index contributed by atoms with van der Waals surface area (Å²) < 4.78 is 16.8. The van der Waals surface area contributed by atoms with Gasteiger partial charge >= 0.3 is 5.95 Å². The van der Waals surface area contributed by atoms with Crippen LogP contribution in [0.4, 0.5) is 5.69 Å². The lowest BCUT2D eigenvalue weighted by atomic mass is 10.0. The normalized spacial score (nSPS) is 18.0. The third-order valence-electron chi connectivity index (χ3n) is 3.66. The zero-order valence-corrected chi connectivity index (χ0v) is 12.9. The van der Waals surface area contributed by atoms with Crippen molar-refractivity contribution in [3.8, 4) is 5.75 Å². The number of allylic oxidation sites excluding steroid dienone is 4. The van der Waals surface area contributed by atoms with Crippen LogP contribution in [-0.2, 0) is 14.2 Å². The van der Waals surface area contributed by atoms with Crippen LogP contribution in [0.3, 0.4) is 0 Å². The zero-order chi connectivity index (χ0) is 16.2. The molecular weight excluding hydrogens is 294 g/mol. The highest BCUT2D eigenvalue weighted by Gasteiger charge is 2.20. The van der Waals surface area contributed by atoms with Crippen LogP contribution in [0.5, 0.6) is 5.75 Å². The molecule has 3 N–H and O–H groups in total. The molecule has 120 valence electrons. The molecule has 23 heavy (non-hydrogen) atoms. The summed E-state index contributed by atoms with van der Waals surface area (Å²) in [6, 6.07) is 4.85. The van der Waals surface area contributed by atoms with E-state index >= 15 is 0 Å². The first-order valence-electron chi connectivity index (χ1n) is 7.48. The molecule has 0 fully saturated rings. The van der Waals surface area contributed by atoms with Gasteiger partial charge < -0.3 is 25.1 Å². The van der Waals surface area contributed by atoms with Gasteiger partial charge in [0.2, 0.25) is 0 Å². The van der Waals surface area contributed by atoms with Crippen LogP contribution in [-0.4, -0.2) is 5.11 Å². The van der Waals surface area contributed by atoms with E-state index in [0.29, 0.717) is 17.0 Å². The second kappa shape index (κ2) is 6.52. The van der Waals surface area contributed by atoms with Gasteiger partial charge in [0, 0.05) is 11.3 Å². The number of benzene rings is 1. The Kier molecular flexibility index (Phi) is 4.28. The van der Waals surface area contributed by atoms with Crippen LogP contribution in [0.2, 0.25) is 0 Å². The summed E-state index contributed by atoms with van der Waals surface area (Å²) in [5, 5.41) is 9.94. The van der Waals surface area contributed by atoms with Crippen molar-refractivity contribution in [3.63, 3.8) is 0 Å². The first-order valence-corrected chi connectivity index (χ1v) is 7.48. The van der Waals surface area contributed by atoms with Crippen molar-refractivity contribution in [2.24, 2.45) is 0 Å². The van der Waals surface area contributed by atoms with Gasteiger partial charge in [0.25, 0.3) is 0 Å². The van der Waals surface area contributed by atoms with Crippen molar-refractivity contribution < 1.29 is 19.3 Å². The molecule has 3 rings (SSSR count). The number of nitrogen functional groups attached to an aromatic ring is 1. The van der Waals surface area contributed by atoms with E-state index in [1.807, 2.05) is 12.2 Å². The molecule has 2 aliphatic rings. The topological polar surface area (TPSA) is 73.9 Å². The Morgan fingerprint density at radius 2 is 2.17 bits per heavy atom. The van der Waals surface area contributed by atoms with Crippen LogP contribution in [0.1, 0.15) is 31.4 Å². The van der Waals surface area contributed by atoms with Crippen molar-refractivity contribution >= 4 is 5.69 Å². The molecule has 0 aromatic heterocycles. The van der Waals surface area contributed by atoms with Gasteiger partial charge in [0.15, 0.2) is 12.0 Å². The Labute approximate surface area is 135 Å². The van der Waals surface area contributed by atoms with Crippen molar-refractivity contribution in [1.29, 1.82) is 0 Å². The number of aromatic hydroxyl groups is 1. The highest BCUT2D eigenvalue weighted by Crippen LogP contribution is 2.33. The molecule has 1 aliphatic carbocycles. The summed E-state index contributed by atoms with van der Waals surface area (Å²) in [6.07, 6.45) is 10.5. The summed E-state index contributed by atoms with van der Waals surface area (Å²) in [6.45, 7) is 1.80. The maximum Gasteiger partial charge on any atom is 0.322 e. The lowest BCUT2D eigenvalue weighted by Gasteiger charge is -2.22. The maximum absolute atomic E-state index is 9.94. The van der Waals surface area contributed by atoms with Gasteiger partial charge in [0.05, 0.1) is 0 Å². The molecule has 5 nitrogen and oxygen atoms in total. The van der Waals surface area contributed by atoms with Crippen molar-refractivity contribution in [2.45, 2.75) is 25.9 Å². The first-order chi connectivity index (χ1) is 11.1. The van der Waals surface area contributed by atoms with E-state index in [9.17, 15) is 5.11 Å². The Morgan fingerprint density at radius 1 is 1.30 bits per heavy atom. The third kappa shape index (κ3) is 3.51. The fourth-order valence-corrected chi connectivity index (χ4v) is 2.45. The highest BCUT2D eigenvalue weighted by atomic mass is 16.7. The van der Waals surface area contributed by atoms with Crippen LogP contribution in [0, 0.1) is 0 Å². The van der Waals surface area contributed by atoms with Crippen LogP contribution >= 0.6 is 0 Å². The second-order valence-electron chi connectivity index (χ2n) is 5.39. The fraction of sp³-hybridized carbons (Fsp3) is 0.222. The van der Waals surface area contributed by atoms with Crippen molar-refractivity contribution in [3.05, 3.63) is 71.8 Å². The third-order valence-corrected chi connectivity index (χ3v) is 3.66. The van der Waals surface area contributed by atoms with Gasteiger partial charge in [-0.15, -0.1) is 0 Å². The van der Waals surface area contributed by atoms with Gasteiger partial charge in [-0.05, 0) is 43.5 Å². The molecular formula is C18H19NO4. The van der Waals surface area contributed by atoms with Gasteiger partial charge in [0.1, 0.15) is 18.1 Å². The van der Waals surface area contributed by atoms with E-state index in [0.717, 1.165) is 18.4 Å². The molecule has 1 aromatic rings. The van der Waals surface area contributed by atoms with E-state index in [1.165, 1.54) is 6.26 Å². The molecule has 1 aromatic carbocycles. The van der Waals surface area contributed by atoms with E-state index in [2.05, 4.69) is 6.08 Å². The zero-order valence-electron chi connectivity index (χ0n) is 12.9. The lowest BCUT2D eigenvalue weighted by Crippen LogP contribution is -2.09. The Bertz CT molecular complexity index is 716. The summed E-state index contributed by atoms with van der Waals surface area (Å²) >= 11 is 0. The second-order valence-corrected chi connectivity index (χ2v) is 5.39. The molecule has 0 bridgehead atoms. The molecule has 0 radical (unpaired) electrons. The molecule has 0 amide bonds. The molecule has 1 aliphatic heterocycles. The number of ether oxygens (including phenoxy) is 3. The minimum atomic E-state index is -0.437. The standard InChI is InChI=1S/C18H19NO4/c1-12(15-9-14(19)7-8-16(15)20)22-18-11-21-10-17(23-18)13-5-3-2-4-6-13/h2-3,5,7-12,20H,4,6,19H2,1H3. The number of anilines is 1. The van der Waals surface area contributed by atoms with Crippen LogP contribution in [0.15, 0.2) is 66.2 Å². The number of phenols is 1. The molecule has 0 spiro atoms. The lowest BCUT2D eigenvalue weighted by molar-refractivity contribution is 0.00583. The summed E-state index contributed by atoms with van der Waals surface area (Å²) in [5.74, 6) is 1.00. The smallest absolute Gasteiger partial charge is 0.322 e. The fourth-order valence-electron chi connectivity index (χ4n) is 2.45.